The Bertz CT molecular complexity index is 981. The molecular weight excluding hydrogens is 410 g/mol. The molecule has 0 saturated carbocycles. The minimum atomic E-state index is -3.55. The molecule has 2 aromatic rings. The predicted octanol–water partition coefficient (Wildman–Crippen LogP) is 2.60. The van der Waals surface area contributed by atoms with E-state index in [-0.39, 0.29) is 10.7 Å². The highest BCUT2D eigenvalue weighted by molar-refractivity contribution is 7.89. The summed E-state index contributed by atoms with van der Waals surface area (Å²) in [4.78, 5) is 13.5. The van der Waals surface area contributed by atoms with Crippen LogP contribution in [0.3, 0.4) is 0 Å². The lowest BCUT2D eigenvalue weighted by atomic mass is 10.1. The van der Waals surface area contributed by atoms with Gasteiger partial charge < -0.3 is 15.0 Å². The van der Waals surface area contributed by atoms with Crippen LogP contribution in [-0.4, -0.2) is 61.8 Å². The molecule has 29 heavy (non-hydrogen) atoms. The molecule has 1 aliphatic heterocycles. The minimum absolute atomic E-state index is 0.00770. The third-order valence-electron chi connectivity index (χ3n) is 4.77. The number of benzene rings is 2. The second kappa shape index (κ2) is 8.89. The number of hydrogen-bond acceptors (Lipinski definition) is 5. The molecule has 0 bridgehead atoms. The van der Waals surface area contributed by atoms with E-state index >= 15 is 0 Å². The molecule has 2 aromatic carbocycles. The quantitative estimate of drug-likeness (QED) is 0.574. The van der Waals surface area contributed by atoms with E-state index in [1.54, 1.807) is 48.5 Å². The first-order chi connectivity index (χ1) is 13.8. The van der Waals surface area contributed by atoms with E-state index in [0.29, 0.717) is 42.6 Å². The van der Waals surface area contributed by atoms with Gasteiger partial charge in [-0.25, -0.2) is 8.42 Å². The molecule has 9 heteroatoms. The molecular formula is C20H23N3O4S2. The molecule has 0 unspecified atom stereocenters. The highest BCUT2D eigenvalue weighted by Gasteiger charge is 2.29. The third-order valence-corrected chi connectivity index (χ3v) is 7.04. The highest BCUT2D eigenvalue weighted by atomic mass is 32.2. The van der Waals surface area contributed by atoms with Crippen molar-refractivity contribution < 1.29 is 17.9 Å². The van der Waals surface area contributed by atoms with Crippen molar-refractivity contribution in [2.75, 3.05) is 38.6 Å². The lowest BCUT2D eigenvalue weighted by molar-refractivity contribution is 0.101. The summed E-state index contributed by atoms with van der Waals surface area (Å²) >= 11 is 5.46. The number of carbonyl (C=O) groups is 1. The number of sulfonamides is 1. The lowest BCUT2D eigenvalue weighted by Gasteiger charge is -2.35. The number of nitrogens with zero attached hydrogens (tertiary/aromatic N) is 2. The summed E-state index contributed by atoms with van der Waals surface area (Å²) < 4.78 is 32.2. The zero-order valence-electron chi connectivity index (χ0n) is 16.3. The smallest absolute Gasteiger partial charge is 0.243 e. The molecule has 0 amide bonds. The summed E-state index contributed by atoms with van der Waals surface area (Å²) in [5, 5.41) is 3.67. The Labute approximate surface area is 176 Å². The van der Waals surface area contributed by atoms with E-state index in [1.807, 2.05) is 4.90 Å². The normalized spacial score (nSPS) is 15.0. The molecule has 154 valence electrons. The maximum atomic E-state index is 12.8. The van der Waals surface area contributed by atoms with Gasteiger partial charge in [-0.1, -0.05) is 0 Å². The van der Waals surface area contributed by atoms with Gasteiger partial charge in [-0.15, -0.1) is 0 Å². The fourth-order valence-corrected chi connectivity index (χ4v) is 4.74. The first-order valence-corrected chi connectivity index (χ1v) is 11.0. The number of piperazine rings is 1. The number of hydrogen-bond donors (Lipinski definition) is 1. The van der Waals surface area contributed by atoms with Gasteiger partial charge in [-0.3, -0.25) is 4.79 Å². The number of Topliss-reactive ketones (excluding diaryl/α,β-unsaturated/α-hetero) is 1. The number of thiocarbonyl (C=S) groups is 1. The fraction of sp³-hybridized carbons (Fsp3) is 0.300. The van der Waals surface area contributed by atoms with E-state index in [4.69, 9.17) is 17.0 Å². The van der Waals surface area contributed by atoms with Crippen LogP contribution in [0.2, 0.25) is 0 Å². The van der Waals surface area contributed by atoms with Crippen LogP contribution in [0.4, 0.5) is 5.69 Å². The number of nitrogens with one attached hydrogen (secondary N) is 1. The molecule has 1 heterocycles. The SMILES string of the molecule is COc1ccc(S(=O)(=O)N2CCN(C(=S)Nc3ccc(C(C)=O)cc3)CC2)cc1. The van der Waals surface area contributed by atoms with Gasteiger partial charge in [0, 0.05) is 37.4 Å². The topological polar surface area (TPSA) is 79.0 Å². The van der Waals surface area contributed by atoms with E-state index in [9.17, 15) is 13.2 Å². The standard InChI is InChI=1S/C20H23N3O4S2/c1-15(24)16-3-5-17(6-4-16)21-20(28)22-11-13-23(14-12-22)29(25,26)19-9-7-18(27-2)8-10-19/h3-10H,11-14H2,1-2H3,(H,21,28). The summed E-state index contributed by atoms with van der Waals surface area (Å²) in [7, 11) is -2.01. The number of ketones is 1. The summed E-state index contributed by atoms with van der Waals surface area (Å²) in [6.45, 7) is 3.20. The van der Waals surface area contributed by atoms with E-state index in [1.165, 1.54) is 18.3 Å². The predicted molar refractivity (Wildman–Crippen MR) is 116 cm³/mol. The van der Waals surface area contributed by atoms with Gasteiger partial charge in [0.2, 0.25) is 10.0 Å². The number of anilines is 1. The monoisotopic (exact) mass is 433 g/mol. The van der Waals surface area contributed by atoms with Gasteiger partial charge in [0.15, 0.2) is 10.9 Å². The summed E-state index contributed by atoms with van der Waals surface area (Å²) in [6.07, 6.45) is 0. The molecule has 1 fully saturated rings. The summed E-state index contributed by atoms with van der Waals surface area (Å²) in [5.74, 6) is 0.620. The Balaban J connectivity index is 1.59. The van der Waals surface area contributed by atoms with Gasteiger partial charge in [-0.2, -0.15) is 4.31 Å². The number of methoxy groups -OCH3 is 1. The molecule has 0 spiro atoms. The second-order valence-electron chi connectivity index (χ2n) is 6.63. The minimum Gasteiger partial charge on any atom is -0.497 e. The third kappa shape index (κ3) is 4.92. The molecule has 0 atom stereocenters. The molecule has 1 saturated heterocycles. The summed E-state index contributed by atoms with van der Waals surface area (Å²) in [5.41, 5.74) is 1.42. The molecule has 1 N–H and O–H groups in total. The first kappa shape index (κ1) is 21.2. The fourth-order valence-electron chi connectivity index (χ4n) is 3.02. The molecule has 0 aliphatic carbocycles. The van der Waals surface area contributed by atoms with Crippen molar-refractivity contribution in [1.29, 1.82) is 0 Å². The number of carbonyl (C=O) groups excluding carboxylic acids is 1. The summed E-state index contributed by atoms with van der Waals surface area (Å²) in [6, 6.07) is 13.5. The lowest BCUT2D eigenvalue weighted by Crippen LogP contribution is -2.51. The molecule has 0 radical (unpaired) electrons. The van der Waals surface area contributed by atoms with Gasteiger partial charge >= 0.3 is 0 Å². The van der Waals surface area contributed by atoms with Crippen LogP contribution in [0.5, 0.6) is 5.75 Å². The zero-order valence-corrected chi connectivity index (χ0v) is 17.9. The van der Waals surface area contributed by atoms with Gasteiger partial charge in [0.25, 0.3) is 0 Å². The van der Waals surface area contributed by atoms with E-state index in [2.05, 4.69) is 5.32 Å². The first-order valence-electron chi connectivity index (χ1n) is 9.12. The van der Waals surface area contributed by atoms with Gasteiger partial charge in [0.05, 0.1) is 12.0 Å². The maximum Gasteiger partial charge on any atom is 0.243 e. The molecule has 1 aliphatic rings. The van der Waals surface area contributed by atoms with E-state index < -0.39 is 10.0 Å². The van der Waals surface area contributed by atoms with Gasteiger partial charge in [-0.05, 0) is 67.7 Å². The number of ether oxygens (including phenoxy) is 1. The number of rotatable bonds is 5. The molecule has 0 aromatic heterocycles. The van der Waals surface area contributed by atoms with Crippen LogP contribution in [0.1, 0.15) is 17.3 Å². The average molecular weight is 434 g/mol. The van der Waals surface area contributed by atoms with E-state index in [0.717, 1.165) is 5.69 Å². The molecule has 3 rings (SSSR count). The average Bonchev–Trinajstić information content (AvgIpc) is 2.74. The van der Waals surface area contributed by atoms with Crippen LogP contribution >= 0.6 is 12.2 Å². The van der Waals surface area contributed by atoms with Crippen molar-refractivity contribution in [3.63, 3.8) is 0 Å². The van der Waals surface area contributed by atoms with Crippen molar-refractivity contribution >= 4 is 38.8 Å². The Morgan fingerprint density at radius 1 is 1.00 bits per heavy atom. The Morgan fingerprint density at radius 3 is 2.10 bits per heavy atom. The molecule has 7 nitrogen and oxygen atoms in total. The van der Waals surface area contributed by atoms with Crippen molar-refractivity contribution in [2.45, 2.75) is 11.8 Å². The van der Waals surface area contributed by atoms with Crippen molar-refractivity contribution in [2.24, 2.45) is 0 Å². The van der Waals surface area contributed by atoms with Crippen LogP contribution < -0.4 is 10.1 Å². The van der Waals surface area contributed by atoms with Gasteiger partial charge in [0.1, 0.15) is 5.75 Å². The van der Waals surface area contributed by atoms with Crippen molar-refractivity contribution in [1.82, 2.24) is 9.21 Å². The maximum absolute atomic E-state index is 12.8. The van der Waals surface area contributed by atoms with Crippen LogP contribution in [0.15, 0.2) is 53.4 Å². The Morgan fingerprint density at radius 2 is 1.59 bits per heavy atom. The van der Waals surface area contributed by atoms with Crippen molar-refractivity contribution in [3.05, 3.63) is 54.1 Å². The van der Waals surface area contributed by atoms with Crippen LogP contribution in [0.25, 0.3) is 0 Å². The van der Waals surface area contributed by atoms with Crippen molar-refractivity contribution in [3.8, 4) is 5.75 Å². The Hall–Kier alpha value is -2.49. The second-order valence-corrected chi connectivity index (χ2v) is 8.95. The van der Waals surface area contributed by atoms with Crippen LogP contribution in [0, 0.1) is 0 Å². The zero-order chi connectivity index (χ0) is 21.0. The highest BCUT2D eigenvalue weighted by Crippen LogP contribution is 2.21. The van der Waals surface area contributed by atoms with Crippen LogP contribution in [-0.2, 0) is 10.0 Å². The largest absolute Gasteiger partial charge is 0.497 e. The Kier molecular flexibility index (Phi) is 6.51.